The SMILES string of the molecule is CCCc1ccc(CC2CCc3ccccc3N2)cc1. The van der Waals surface area contributed by atoms with Crippen molar-refractivity contribution < 1.29 is 0 Å². The van der Waals surface area contributed by atoms with Crippen molar-refractivity contribution in [3.8, 4) is 0 Å². The summed E-state index contributed by atoms with van der Waals surface area (Å²) in [4.78, 5) is 0. The molecule has 2 aromatic rings. The third-order valence-corrected chi connectivity index (χ3v) is 4.18. The maximum atomic E-state index is 3.69. The lowest BCUT2D eigenvalue weighted by atomic mass is 9.93. The summed E-state index contributed by atoms with van der Waals surface area (Å²) in [7, 11) is 0. The van der Waals surface area contributed by atoms with Gasteiger partial charge in [0.15, 0.2) is 0 Å². The monoisotopic (exact) mass is 265 g/mol. The number of benzene rings is 2. The molecule has 1 heteroatoms. The maximum absolute atomic E-state index is 3.69. The second kappa shape index (κ2) is 6.13. The van der Waals surface area contributed by atoms with E-state index in [1.54, 1.807) is 0 Å². The minimum absolute atomic E-state index is 0.571. The summed E-state index contributed by atoms with van der Waals surface area (Å²) < 4.78 is 0. The molecule has 2 aromatic carbocycles. The molecular formula is C19H23N. The summed E-state index contributed by atoms with van der Waals surface area (Å²) in [6, 6.07) is 18.4. The Morgan fingerprint density at radius 2 is 1.75 bits per heavy atom. The van der Waals surface area contributed by atoms with Gasteiger partial charge in [-0.3, -0.25) is 0 Å². The predicted molar refractivity (Wildman–Crippen MR) is 86.3 cm³/mol. The zero-order chi connectivity index (χ0) is 13.8. The molecule has 0 bridgehead atoms. The Hall–Kier alpha value is -1.76. The Kier molecular flexibility index (Phi) is 4.05. The predicted octanol–water partition coefficient (Wildman–Crippen LogP) is 4.61. The number of fused-ring (bicyclic) bond motifs is 1. The van der Waals surface area contributed by atoms with E-state index in [0.29, 0.717) is 6.04 Å². The third-order valence-electron chi connectivity index (χ3n) is 4.18. The van der Waals surface area contributed by atoms with E-state index in [-0.39, 0.29) is 0 Å². The van der Waals surface area contributed by atoms with Crippen LogP contribution in [0.5, 0.6) is 0 Å². The van der Waals surface area contributed by atoms with Gasteiger partial charge in [0, 0.05) is 11.7 Å². The van der Waals surface area contributed by atoms with Crippen LogP contribution in [0.3, 0.4) is 0 Å². The van der Waals surface area contributed by atoms with Crippen molar-refractivity contribution in [1.82, 2.24) is 0 Å². The molecule has 0 saturated heterocycles. The van der Waals surface area contributed by atoms with Gasteiger partial charge in [-0.25, -0.2) is 0 Å². The van der Waals surface area contributed by atoms with Crippen LogP contribution in [-0.4, -0.2) is 6.04 Å². The highest BCUT2D eigenvalue weighted by Gasteiger charge is 2.17. The van der Waals surface area contributed by atoms with Crippen LogP contribution < -0.4 is 5.32 Å². The zero-order valence-corrected chi connectivity index (χ0v) is 12.2. The smallest absolute Gasteiger partial charge is 0.0374 e. The van der Waals surface area contributed by atoms with E-state index in [9.17, 15) is 0 Å². The molecule has 1 aliphatic heterocycles. The number of aryl methyl sites for hydroxylation is 2. The van der Waals surface area contributed by atoms with Crippen molar-refractivity contribution in [2.75, 3.05) is 5.32 Å². The number of hydrogen-bond donors (Lipinski definition) is 1. The highest BCUT2D eigenvalue weighted by atomic mass is 14.9. The highest BCUT2D eigenvalue weighted by Crippen LogP contribution is 2.25. The molecule has 0 fully saturated rings. The molecule has 20 heavy (non-hydrogen) atoms. The molecule has 1 unspecified atom stereocenters. The maximum Gasteiger partial charge on any atom is 0.0374 e. The topological polar surface area (TPSA) is 12.0 Å². The van der Waals surface area contributed by atoms with Crippen LogP contribution in [-0.2, 0) is 19.3 Å². The first kappa shape index (κ1) is 13.2. The molecule has 1 heterocycles. The fourth-order valence-corrected chi connectivity index (χ4v) is 3.07. The van der Waals surface area contributed by atoms with Gasteiger partial charge in [-0.15, -0.1) is 0 Å². The van der Waals surface area contributed by atoms with Gasteiger partial charge in [0.25, 0.3) is 0 Å². The molecule has 104 valence electrons. The molecule has 0 aliphatic carbocycles. The van der Waals surface area contributed by atoms with Gasteiger partial charge in [0.05, 0.1) is 0 Å². The van der Waals surface area contributed by atoms with Crippen LogP contribution in [0, 0.1) is 0 Å². The third kappa shape index (κ3) is 3.04. The number of para-hydroxylation sites is 1. The van der Waals surface area contributed by atoms with Crippen LogP contribution in [0.2, 0.25) is 0 Å². The van der Waals surface area contributed by atoms with Crippen LogP contribution in [0.15, 0.2) is 48.5 Å². The fraction of sp³-hybridized carbons (Fsp3) is 0.368. The van der Waals surface area contributed by atoms with Crippen LogP contribution in [0.4, 0.5) is 5.69 Å². The normalized spacial score (nSPS) is 17.4. The molecule has 0 aromatic heterocycles. The average molecular weight is 265 g/mol. The zero-order valence-electron chi connectivity index (χ0n) is 12.2. The van der Waals surface area contributed by atoms with E-state index in [1.165, 1.54) is 48.1 Å². The van der Waals surface area contributed by atoms with Crippen molar-refractivity contribution >= 4 is 5.69 Å². The van der Waals surface area contributed by atoms with Crippen molar-refractivity contribution in [1.29, 1.82) is 0 Å². The van der Waals surface area contributed by atoms with Gasteiger partial charge in [-0.05, 0) is 48.4 Å². The quantitative estimate of drug-likeness (QED) is 0.851. The standard InChI is InChI=1S/C19H23N/c1-2-5-15-8-10-16(11-9-15)14-18-13-12-17-6-3-4-7-19(17)20-18/h3-4,6-11,18,20H,2,5,12-14H2,1H3. The Bertz CT molecular complexity index is 556. The van der Waals surface area contributed by atoms with E-state index in [2.05, 4.69) is 60.8 Å². The summed E-state index contributed by atoms with van der Waals surface area (Å²) in [6.45, 7) is 2.23. The summed E-state index contributed by atoms with van der Waals surface area (Å²) in [5, 5.41) is 3.69. The summed E-state index contributed by atoms with van der Waals surface area (Å²) in [5.41, 5.74) is 5.69. The molecule has 1 nitrogen and oxygen atoms in total. The Labute approximate surface area is 122 Å². The van der Waals surface area contributed by atoms with Gasteiger partial charge in [-0.2, -0.15) is 0 Å². The Morgan fingerprint density at radius 3 is 2.55 bits per heavy atom. The molecule has 3 rings (SSSR count). The van der Waals surface area contributed by atoms with Crippen molar-refractivity contribution in [2.24, 2.45) is 0 Å². The largest absolute Gasteiger partial charge is 0.382 e. The van der Waals surface area contributed by atoms with Crippen LogP contribution >= 0.6 is 0 Å². The molecule has 1 aliphatic rings. The van der Waals surface area contributed by atoms with Crippen LogP contribution in [0.25, 0.3) is 0 Å². The van der Waals surface area contributed by atoms with Gasteiger partial charge in [0.1, 0.15) is 0 Å². The first-order chi connectivity index (χ1) is 9.85. The number of nitrogens with one attached hydrogen (secondary N) is 1. The summed E-state index contributed by atoms with van der Waals surface area (Å²) in [5.74, 6) is 0. The molecule has 0 saturated carbocycles. The molecular weight excluding hydrogens is 242 g/mol. The van der Waals surface area contributed by atoms with Crippen molar-refractivity contribution in [2.45, 2.75) is 45.1 Å². The van der Waals surface area contributed by atoms with Gasteiger partial charge in [0.2, 0.25) is 0 Å². The second-order valence-electron chi connectivity index (χ2n) is 5.81. The lowest BCUT2D eigenvalue weighted by Gasteiger charge is -2.27. The first-order valence-corrected chi connectivity index (χ1v) is 7.77. The van der Waals surface area contributed by atoms with E-state index in [4.69, 9.17) is 0 Å². The first-order valence-electron chi connectivity index (χ1n) is 7.77. The van der Waals surface area contributed by atoms with Gasteiger partial charge in [-0.1, -0.05) is 55.8 Å². The van der Waals surface area contributed by atoms with Crippen molar-refractivity contribution in [3.63, 3.8) is 0 Å². The fourth-order valence-electron chi connectivity index (χ4n) is 3.07. The van der Waals surface area contributed by atoms with E-state index in [1.807, 2.05) is 0 Å². The van der Waals surface area contributed by atoms with Crippen LogP contribution in [0.1, 0.15) is 36.5 Å². The molecule has 0 radical (unpaired) electrons. The summed E-state index contributed by atoms with van der Waals surface area (Å²) >= 11 is 0. The number of anilines is 1. The molecule has 1 N–H and O–H groups in total. The Morgan fingerprint density at radius 1 is 1.00 bits per heavy atom. The highest BCUT2D eigenvalue weighted by molar-refractivity contribution is 5.53. The van der Waals surface area contributed by atoms with Gasteiger partial charge >= 0.3 is 0 Å². The van der Waals surface area contributed by atoms with Gasteiger partial charge < -0.3 is 5.32 Å². The number of hydrogen-bond acceptors (Lipinski definition) is 1. The minimum Gasteiger partial charge on any atom is -0.382 e. The van der Waals surface area contributed by atoms with E-state index in [0.717, 1.165) is 6.42 Å². The minimum atomic E-state index is 0.571. The van der Waals surface area contributed by atoms with Crippen molar-refractivity contribution in [3.05, 3.63) is 65.2 Å². The second-order valence-corrected chi connectivity index (χ2v) is 5.81. The lowest BCUT2D eigenvalue weighted by Crippen LogP contribution is -2.27. The molecule has 0 amide bonds. The summed E-state index contributed by atoms with van der Waals surface area (Å²) in [6.07, 6.45) is 5.96. The lowest BCUT2D eigenvalue weighted by molar-refractivity contribution is 0.628. The Balaban J connectivity index is 1.64. The van der Waals surface area contributed by atoms with E-state index < -0.39 is 0 Å². The molecule has 0 spiro atoms. The van der Waals surface area contributed by atoms with E-state index >= 15 is 0 Å². The number of rotatable bonds is 4. The molecule has 1 atom stereocenters. The average Bonchev–Trinajstić information content (AvgIpc) is 2.49.